The van der Waals surface area contributed by atoms with Crippen molar-refractivity contribution in [1.82, 2.24) is 5.32 Å². The first-order chi connectivity index (χ1) is 12.6. The van der Waals surface area contributed by atoms with Gasteiger partial charge in [0.1, 0.15) is 30.8 Å². The van der Waals surface area contributed by atoms with Gasteiger partial charge in [-0.15, -0.1) is 0 Å². The summed E-state index contributed by atoms with van der Waals surface area (Å²) in [7, 11) is 0. The lowest BCUT2D eigenvalue weighted by Gasteiger charge is -2.17. The quantitative estimate of drug-likeness (QED) is 0.769. The van der Waals surface area contributed by atoms with Gasteiger partial charge in [-0.25, -0.2) is 4.79 Å². The maximum atomic E-state index is 12.6. The van der Waals surface area contributed by atoms with Crippen LogP contribution in [0.4, 0.5) is 0 Å². The number of nitrogens with one attached hydrogen (secondary N) is 1. The molecule has 6 nitrogen and oxygen atoms in total. The van der Waals surface area contributed by atoms with Crippen molar-refractivity contribution in [2.75, 3.05) is 13.2 Å². The molecule has 4 rings (SSSR count). The van der Waals surface area contributed by atoms with E-state index >= 15 is 0 Å². The van der Waals surface area contributed by atoms with Crippen LogP contribution in [0, 0.1) is 0 Å². The largest absolute Gasteiger partial charge is 0.490 e. The number of hydrogen-bond donors (Lipinski definition) is 2. The van der Waals surface area contributed by atoms with E-state index in [4.69, 9.17) is 9.47 Å². The third-order valence-electron chi connectivity index (χ3n) is 3.95. The van der Waals surface area contributed by atoms with Gasteiger partial charge in [-0.2, -0.15) is 0 Å². The predicted molar refractivity (Wildman–Crippen MR) is 95.6 cm³/mol. The first kappa shape index (κ1) is 17.5. The van der Waals surface area contributed by atoms with Crippen molar-refractivity contribution in [2.45, 2.75) is 12.5 Å². The van der Waals surface area contributed by atoms with Crippen molar-refractivity contribution < 1.29 is 24.2 Å². The van der Waals surface area contributed by atoms with Crippen LogP contribution >= 0.6 is 0 Å². The molecule has 0 radical (unpaired) electrons. The molecule has 0 fully saturated rings. The maximum absolute atomic E-state index is 12.6. The Bertz CT molecular complexity index is 813. The molecule has 0 unspecified atom stereocenters. The molecule has 1 amide bonds. The normalized spacial score (nSPS) is 18.8. The molecule has 0 aliphatic carbocycles. The molecule has 2 N–H and O–H groups in total. The molecule has 0 spiro atoms. The molecule has 2 aromatic carbocycles. The van der Waals surface area contributed by atoms with Crippen LogP contribution in [0.25, 0.3) is 0 Å². The Kier molecular flexibility index (Phi) is 5.53. The summed E-state index contributed by atoms with van der Waals surface area (Å²) >= 11 is 0. The Morgan fingerprint density at radius 3 is 2.42 bits per heavy atom. The number of benzene rings is 2. The zero-order valence-electron chi connectivity index (χ0n) is 14.1. The van der Waals surface area contributed by atoms with Crippen LogP contribution < -0.4 is 14.8 Å². The summed E-state index contributed by atoms with van der Waals surface area (Å²) < 4.78 is 11.2. The molecule has 0 aromatic heterocycles. The number of ether oxygens (including phenoxy) is 2. The summed E-state index contributed by atoms with van der Waals surface area (Å²) in [6.45, 7) is 0.664. The SMILES string of the molecule is O=C1N[C@H](C(=O)O)Cc2ccc(cc2)OC/C=C/COc2ccccc21. The number of fused-ring (bicyclic) bond motifs is 9. The van der Waals surface area contributed by atoms with Gasteiger partial charge in [-0.3, -0.25) is 4.79 Å². The fourth-order valence-corrected chi connectivity index (χ4v) is 2.59. The van der Waals surface area contributed by atoms with Gasteiger partial charge in [-0.05, 0) is 42.0 Å². The van der Waals surface area contributed by atoms with E-state index in [1.165, 1.54) is 0 Å². The van der Waals surface area contributed by atoms with Gasteiger partial charge < -0.3 is 19.9 Å². The number of carbonyl (C=O) groups excluding carboxylic acids is 1. The highest BCUT2D eigenvalue weighted by atomic mass is 16.5. The van der Waals surface area contributed by atoms with Crippen molar-refractivity contribution in [3.05, 3.63) is 71.8 Å². The average Bonchev–Trinajstić information content (AvgIpc) is 2.64. The monoisotopic (exact) mass is 353 g/mol. The topological polar surface area (TPSA) is 84.9 Å². The van der Waals surface area contributed by atoms with Gasteiger partial charge in [-0.1, -0.05) is 24.3 Å². The van der Waals surface area contributed by atoms with Gasteiger partial charge >= 0.3 is 5.97 Å². The maximum Gasteiger partial charge on any atom is 0.326 e. The number of para-hydroxylation sites is 1. The Labute approximate surface area is 151 Å². The number of carboxylic acid groups (broad SMARTS) is 1. The van der Waals surface area contributed by atoms with E-state index in [1.54, 1.807) is 54.6 Å². The lowest BCUT2D eigenvalue weighted by atomic mass is 10.0. The Morgan fingerprint density at radius 2 is 1.69 bits per heavy atom. The summed E-state index contributed by atoms with van der Waals surface area (Å²) in [6.07, 6.45) is 3.81. The molecule has 2 aromatic rings. The van der Waals surface area contributed by atoms with Gasteiger partial charge in [0.25, 0.3) is 5.91 Å². The fraction of sp³-hybridized carbons (Fsp3) is 0.200. The molecular formula is C20H19NO5. The van der Waals surface area contributed by atoms with E-state index in [2.05, 4.69) is 5.32 Å². The first-order valence-electron chi connectivity index (χ1n) is 8.26. The van der Waals surface area contributed by atoms with Crippen molar-refractivity contribution in [3.63, 3.8) is 0 Å². The molecule has 0 saturated carbocycles. The van der Waals surface area contributed by atoms with E-state index in [0.717, 1.165) is 5.56 Å². The highest BCUT2D eigenvalue weighted by Gasteiger charge is 2.23. The molecule has 6 heteroatoms. The Hall–Kier alpha value is -3.28. The first-order valence-corrected chi connectivity index (χ1v) is 8.26. The van der Waals surface area contributed by atoms with Crippen LogP contribution in [0.1, 0.15) is 15.9 Å². The third kappa shape index (κ3) is 4.42. The molecule has 2 aliphatic rings. The highest BCUT2D eigenvalue weighted by molar-refractivity contribution is 5.99. The number of amides is 1. The minimum atomic E-state index is -1.10. The van der Waals surface area contributed by atoms with Crippen LogP contribution in [-0.2, 0) is 11.2 Å². The minimum absolute atomic E-state index is 0.171. The smallest absolute Gasteiger partial charge is 0.326 e. The highest BCUT2D eigenvalue weighted by Crippen LogP contribution is 2.19. The predicted octanol–water partition coefficient (Wildman–Crippen LogP) is 2.44. The second kappa shape index (κ2) is 8.20. The number of rotatable bonds is 1. The fourth-order valence-electron chi connectivity index (χ4n) is 2.59. The van der Waals surface area contributed by atoms with Gasteiger partial charge in [0.2, 0.25) is 0 Å². The van der Waals surface area contributed by atoms with Crippen molar-refractivity contribution >= 4 is 11.9 Å². The average molecular weight is 353 g/mol. The van der Waals surface area contributed by atoms with E-state index in [-0.39, 0.29) is 13.0 Å². The zero-order valence-corrected chi connectivity index (χ0v) is 14.1. The molecule has 26 heavy (non-hydrogen) atoms. The third-order valence-corrected chi connectivity index (χ3v) is 3.95. The summed E-state index contributed by atoms with van der Waals surface area (Å²) in [5, 5.41) is 12.0. The standard InChI is InChI=1S/C20H19NO5/c22-19-16-5-1-2-6-18(16)26-12-4-3-11-25-15-9-7-14(8-10-15)13-17(21-19)20(23)24/h1-10,17H,11-13H2,(H,21,22)(H,23,24)/b4-3+/t17-/m0/s1. The summed E-state index contributed by atoms with van der Waals surface area (Å²) in [6, 6.07) is 12.8. The molecule has 2 aliphatic heterocycles. The van der Waals surface area contributed by atoms with Gasteiger partial charge in [0, 0.05) is 6.42 Å². The summed E-state index contributed by atoms with van der Waals surface area (Å²) in [5.74, 6) is -0.493. The van der Waals surface area contributed by atoms with Crippen molar-refractivity contribution in [3.8, 4) is 11.5 Å². The van der Waals surface area contributed by atoms with Crippen LogP contribution in [0.5, 0.6) is 11.5 Å². The van der Waals surface area contributed by atoms with Crippen LogP contribution in [-0.4, -0.2) is 36.2 Å². The Morgan fingerprint density at radius 1 is 1.00 bits per heavy atom. The van der Waals surface area contributed by atoms with Crippen LogP contribution in [0.15, 0.2) is 60.7 Å². The lowest BCUT2D eigenvalue weighted by molar-refractivity contribution is -0.139. The van der Waals surface area contributed by atoms with E-state index < -0.39 is 17.9 Å². The molecule has 134 valence electrons. The van der Waals surface area contributed by atoms with E-state index in [9.17, 15) is 14.7 Å². The zero-order chi connectivity index (χ0) is 18.4. The number of carbonyl (C=O) groups is 2. The molecule has 2 heterocycles. The number of hydrogen-bond acceptors (Lipinski definition) is 4. The molecule has 1 atom stereocenters. The van der Waals surface area contributed by atoms with Gasteiger partial charge in [0.15, 0.2) is 0 Å². The lowest BCUT2D eigenvalue weighted by Crippen LogP contribution is -2.42. The van der Waals surface area contributed by atoms with E-state index in [0.29, 0.717) is 23.7 Å². The molecular weight excluding hydrogens is 334 g/mol. The van der Waals surface area contributed by atoms with Gasteiger partial charge in [0.05, 0.1) is 5.56 Å². The van der Waals surface area contributed by atoms with Crippen molar-refractivity contribution in [2.24, 2.45) is 0 Å². The number of carboxylic acids is 1. The summed E-state index contributed by atoms with van der Waals surface area (Å²) in [5.41, 5.74) is 1.09. The number of aliphatic carboxylic acids is 1. The molecule has 0 saturated heterocycles. The summed E-state index contributed by atoms with van der Waals surface area (Å²) in [4.78, 5) is 24.2. The second-order valence-electron chi connectivity index (χ2n) is 5.80. The van der Waals surface area contributed by atoms with Crippen molar-refractivity contribution in [1.29, 1.82) is 0 Å². The van der Waals surface area contributed by atoms with Crippen LogP contribution in [0.3, 0.4) is 0 Å². The minimum Gasteiger partial charge on any atom is -0.490 e. The van der Waals surface area contributed by atoms with Crippen LogP contribution in [0.2, 0.25) is 0 Å². The van der Waals surface area contributed by atoms with E-state index in [1.807, 2.05) is 6.08 Å². The second-order valence-corrected chi connectivity index (χ2v) is 5.80. The Balaban J connectivity index is 1.90. The molecule has 2 bridgehead atoms.